The summed E-state index contributed by atoms with van der Waals surface area (Å²) in [4.78, 5) is 0. The number of aromatic nitrogens is 1. The lowest BCUT2D eigenvalue weighted by atomic mass is 10.1. The molecule has 0 saturated heterocycles. The molecule has 14 heavy (non-hydrogen) atoms. The van der Waals surface area contributed by atoms with Gasteiger partial charge in [0.15, 0.2) is 5.76 Å². The first-order chi connectivity index (χ1) is 6.83. The fourth-order valence-corrected chi connectivity index (χ4v) is 1.60. The van der Waals surface area contributed by atoms with Gasteiger partial charge >= 0.3 is 0 Å². The highest BCUT2D eigenvalue weighted by Gasteiger charge is 2.24. The fraction of sp³-hybridized carbons (Fsp3) is 0.667. The summed E-state index contributed by atoms with van der Waals surface area (Å²) >= 11 is 0. The molecule has 2 heterocycles. The van der Waals surface area contributed by atoms with Gasteiger partial charge in [-0.25, -0.2) is 0 Å². The predicted octanol–water partition coefficient (Wildman–Crippen LogP) is 0.0001000. The van der Waals surface area contributed by atoms with Crippen LogP contribution < -0.4 is 5.32 Å². The first kappa shape index (κ1) is 9.64. The smallest absolute Gasteiger partial charge is 0.172 e. The summed E-state index contributed by atoms with van der Waals surface area (Å²) in [6.07, 6.45) is 0.128. The standard InChI is InChI=1S/C9H14N2O3/c1-10-4-8(12)9-6-5-13-3-2-7(6)11-14-9/h8,10,12H,2-5H2,1H3. The van der Waals surface area contributed by atoms with Gasteiger partial charge in [0, 0.05) is 18.5 Å². The van der Waals surface area contributed by atoms with Gasteiger partial charge in [-0.15, -0.1) is 0 Å². The Morgan fingerprint density at radius 2 is 2.50 bits per heavy atom. The maximum atomic E-state index is 9.71. The summed E-state index contributed by atoms with van der Waals surface area (Å²) < 4.78 is 10.4. The van der Waals surface area contributed by atoms with Crippen molar-refractivity contribution < 1.29 is 14.4 Å². The molecular weight excluding hydrogens is 184 g/mol. The molecule has 1 atom stereocenters. The number of aliphatic hydroxyl groups is 1. The van der Waals surface area contributed by atoms with Crippen molar-refractivity contribution >= 4 is 0 Å². The molecule has 1 unspecified atom stereocenters. The number of ether oxygens (including phenoxy) is 1. The molecule has 0 fully saturated rings. The normalized spacial score (nSPS) is 17.9. The van der Waals surface area contributed by atoms with Crippen molar-refractivity contribution in [3.63, 3.8) is 0 Å². The van der Waals surface area contributed by atoms with Crippen LogP contribution in [0.2, 0.25) is 0 Å². The maximum Gasteiger partial charge on any atom is 0.172 e. The molecule has 0 radical (unpaired) electrons. The van der Waals surface area contributed by atoms with E-state index < -0.39 is 6.10 Å². The quantitative estimate of drug-likeness (QED) is 0.715. The minimum Gasteiger partial charge on any atom is -0.384 e. The minimum atomic E-state index is -0.641. The van der Waals surface area contributed by atoms with Crippen LogP contribution in [0.25, 0.3) is 0 Å². The van der Waals surface area contributed by atoms with E-state index >= 15 is 0 Å². The Morgan fingerprint density at radius 1 is 1.64 bits per heavy atom. The SMILES string of the molecule is CNCC(O)c1onc2c1COCC2. The first-order valence-corrected chi connectivity index (χ1v) is 4.70. The van der Waals surface area contributed by atoms with Crippen molar-refractivity contribution in [1.29, 1.82) is 0 Å². The Bertz CT molecular complexity index is 311. The first-order valence-electron chi connectivity index (χ1n) is 4.70. The van der Waals surface area contributed by atoms with Crippen molar-refractivity contribution in [3.05, 3.63) is 17.0 Å². The van der Waals surface area contributed by atoms with Crippen molar-refractivity contribution in [2.45, 2.75) is 19.1 Å². The minimum absolute atomic E-state index is 0.460. The van der Waals surface area contributed by atoms with E-state index in [-0.39, 0.29) is 0 Å². The Kier molecular flexibility index (Phi) is 2.81. The van der Waals surface area contributed by atoms with Gasteiger partial charge in [0.1, 0.15) is 6.10 Å². The fourth-order valence-electron chi connectivity index (χ4n) is 1.60. The second kappa shape index (κ2) is 4.08. The summed E-state index contributed by atoms with van der Waals surface area (Å²) in [7, 11) is 1.78. The van der Waals surface area contributed by atoms with Crippen LogP contribution in [0.3, 0.4) is 0 Å². The molecule has 5 heteroatoms. The number of aliphatic hydroxyl groups excluding tert-OH is 1. The molecule has 5 nitrogen and oxygen atoms in total. The Morgan fingerprint density at radius 3 is 3.29 bits per heavy atom. The summed E-state index contributed by atoms with van der Waals surface area (Å²) in [5.74, 6) is 0.536. The molecule has 0 spiro atoms. The van der Waals surface area contributed by atoms with E-state index in [1.54, 1.807) is 7.05 Å². The van der Waals surface area contributed by atoms with Gasteiger partial charge < -0.3 is 19.7 Å². The summed E-state index contributed by atoms with van der Waals surface area (Å²) in [6.45, 7) is 1.64. The molecule has 1 aromatic heterocycles. The third kappa shape index (κ3) is 1.66. The lowest BCUT2D eigenvalue weighted by Crippen LogP contribution is -2.18. The van der Waals surface area contributed by atoms with Crippen LogP contribution in [0.15, 0.2) is 4.52 Å². The average molecular weight is 198 g/mol. The van der Waals surface area contributed by atoms with Gasteiger partial charge in [-0.3, -0.25) is 0 Å². The van der Waals surface area contributed by atoms with Gasteiger partial charge in [-0.05, 0) is 7.05 Å². The molecule has 0 bridgehead atoms. The summed E-state index contributed by atoms with van der Waals surface area (Å²) in [5, 5.41) is 16.5. The van der Waals surface area contributed by atoms with E-state index in [9.17, 15) is 5.11 Å². The Labute approximate surface area is 82.0 Å². The van der Waals surface area contributed by atoms with Crippen LogP contribution in [-0.4, -0.2) is 30.5 Å². The largest absolute Gasteiger partial charge is 0.384 e. The number of fused-ring (bicyclic) bond motifs is 1. The number of hydrogen-bond acceptors (Lipinski definition) is 5. The molecule has 0 aromatic carbocycles. The molecule has 1 aromatic rings. The van der Waals surface area contributed by atoms with Crippen molar-refractivity contribution in [1.82, 2.24) is 10.5 Å². The zero-order chi connectivity index (χ0) is 9.97. The number of rotatable bonds is 3. The highest BCUT2D eigenvalue weighted by Crippen LogP contribution is 2.24. The molecule has 1 aliphatic heterocycles. The van der Waals surface area contributed by atoms with Crippen LogP contribution in [0, 0.1) is 0 Å². The molecule has 1 aliphatic rings. The van der Waals surface area contributed by atoms with Crippen LogP contribution in [0.1, 0.15) is 23.1 Å². The van der Waals surface area contributed by atoms with Gasteiger partial charge in [0.05, 0.1) is 18.9 Å². The topological polar surface area (TPSA) is 67.5 Å². The summed E-state index contributed by atoms with van der Waals surface area (Å²) in [6, 6.07) is 0. The second-order valence-corrected chi connectivity index (χ2v) is 3.35. The second-order valence-electron chi connectivity index (χ2n) is 3.35. The number of nitrogens with zero attached hydrogens (tertiary/aromatic N) is 1. The van der Waals surface area contributed by atoms with Gasteiger partial charge in [-0.1, -0.05) is 5.16 Å². The number of likely N-dealkylation sites (N-methyl/N-ethyl adjacent to an activating group) is 1. The highest BCUT2D eigenvalue weighted by molar-refractivity contribution is 5.25. The molecule has 0 amide bonds. The van der Waals surface area contributed by atoms with Crippen LogP contribution in [-0.2, 0) is 17.8 Å². The third-order valence-corrected chi connectivity index (χ3v) is 2.33. The highest BCUT2D eigenvalue weighted by atomic mass is 16.5. The van der Waals surface area contributed by atoms with E-state index in [0.717, 1.165) is 17.7 Å². The predicted molar refractivity (Wildman–Crippen MR) is 48.7 cm³/mol. The van der Waals surface area contributed by atoms with E-state index in [1.165, 1.54) is 0 Å². The molecule has 2 N–H and O–H groups in total. The summed E-state index contributed by atoms with van der Waals surface area (Å²) in [5.41, 5.74) is 1.83. The van der Waals surface area contributed by atoms with E-state index in [1.807, 2.05) is 0 Å². The van der Waals surface area contributed by atoms with Crippen LogP contribution >= 0.6 is 0 Å². The van der Waals surface area contributed by atoms with Crippen molar-refractivity contribution in [3.8, 4) is 0 Å². The van der Waals surface area contributed by atoms with Crippen molar-refractivity contribution in [2.24, 2.45) is 0 Å². The number of nitrogens with one attached hydrogen (secondary N) is 1. The van der Waals surface area contributed by atoms with Gasteiger partial charge in [0.2, 0.25) is 0 Å². The van der Waals surface area contributed by atoms with Crippen LogP contribution in [0.5, 0.6) is 0 Å². The van der Waals surface area contributed by atoms with Crippen LogP contribution in [0.4, 0.5) is 0 Å². The Hall–Kier alpha value is -0.910. The molecule has 0 saturated carbocycles. The monoisotopic (exact) mass is 198 g/mol. The lowest BCUT2D eigenvalue weighted by molar-refractivity contribution is 0.102. The van der Waals surface area contributed by atoms with E-state index in [0.29, 0.717) is 25.5 Å². The zero-order valence-electron chi connectivity index (χ0n) is 8.12. The number of hydrogen-bond donors (Lipinski definition) is 2. The van der Waals surface area contributed by atoms with Gasteiger partial charge in [0.25, 0.3) is 0 Å². The third-order valence-electron chi connectivity index (χ3n) is 2.33. The van der Waals surface area contributed by atoms with E-state index in [2.05, 4.69) is 10.5 Å². The average Bonchev–Trinajstić information content (AvgIpc) is 2.61. The maximum absolute atomic E-state index is 9.71. The Balaban J connectivity index is 2.21. The molecule has 2 rings (SSSR count). The van der Waals surface area contributed by atoms with Gasteiger partial charge in [-0.2, -0.15) is 0 Å². The lowest BCUT2D eigenvalue weighted by Gasteiger charge is -2.12. The zero-order valence-corrected chi connectivity index (χ0v) is 8.12. The molecule has 0 aliphatic carbocycles. The molecular formula is C9H14N2O3. The van der Waals surface area contributed by atoms with Crippen molar-refractivity contribution in [2.75, 3.05) is 20.2 Å². The molecule has 78 valence electrons. The van der Waals surface area contributed by atoms with E-state index in [4.69, 9.17) is 9.26 Å².